The zero-order valence-corrected chi connectivity index (χ0v) is 10.1. The molecule has 0 saturated heterocycles. The Bertz CT molecular complexity index is 507. The Morgan fingerprint density at radius 3 is 2.61 bits per heavy atom. The van der Waals surface area contributed by atoms with Crippen molar-refractivity contribution in [2.45, 2.75) is 13.1 Å². The van der Waals surface area contributed by atoms with Gasteiger partial charge >= 0.3 is 6.18 Å². The highest BCUT2D eigenvalue weighted by molar-refractivity contribution is 6.65. The number of hydrogen-bond donors (Lipinski definition) is 0. The predicted octanol–water partition coefficient (Wildman–Crippen LogP) is 3.76. The van der Waals surface area contributed by atoms with Gasteiger partial charge in [0.2, 0.25) is 5.29 Å². The largest absolute Gasteiger partial charge is 0.417 e. The minimum absolute atomic E-state index is 0.152. The molecular weight excluding hydrogens is 267 g/mol. The number of allylic oxidation sites excluding steroid dienone is 1. The molecule has 0 aliphatic rings. The third-order valence-corrected chi connectivity index (χ3v) is 2.18. The van der Waals surface area contributed by atoms with Crippen LogP contribution >= 0.6 is 11.6 Å². The second kappa shape index (κ2) is 5.77. The summed E-state index contributed by atoms with van der Waals surface area (Å²) in [4.78, 5) is 10.7. The second-order valence-corrected chi connectivity index (χ2v) is 3.51. The topological polar surface area (TPSA) is 37.6 Å². The van der Waals surface area contributed by atoms with E-state index in [0.29, 0.717) is 0 Å². The molecule has 7 heteroatoms. The van der Waals surface area contributed by atoms with Gasteiger partial charge in [0.1, 0.15) is 0 Å². The Hall–Kier alpha value is -1.69. The van der Waals surface area contributed by atoms with E-state index in [-0.39, 0.29) is 16.6 Å². The van der Waals surface area contributed by atoms with Crippen LogP contribution in [0.15, 0.2) is 34.5 Å². The van der Waals surface area contributed by atoms with E-state index in [4.69, 9.17) is 11.6 Å². The standard InChI is InChI=1S/C11H9ClF3N3/c1-3-9(18-10(12)16-2)7-4-8(6-17-5-7)11(13,14)15/h3-6H,2H2,1H3/b9-3-,18-10?. The van der Waals surface area contributed by atoms with Crippen LogP contribution in [0.25, 0.3) is 5.70 Å². The molecule has 3 nitrogen and oxygen atoms in total. The monoisotopic (exact) mass is 275 g/mol. The van der Waals surface area contributed by atoms with Crippen molar-refractivity contribution in [2.24, 2.45) is 9.98 Å². The molecule has 1 aromatic rings. The van der Waals surface area contributed by atoms with Crippen molar-refractivity contribution in [3.63, 3.8) is 0 Å². The van der Waals surface area contributed by atoms with Crippen molar-refractivity contribution in [3.8, 4) is 0 Å². The van der Waals surface area contributed by atoms with Crippen molar-refractivity contribution in [1.82, 2.24) is 4.98 Å². The molecule has 0 bridgehead atoms. The summed E-state index contributed by atoms with van der Waals surface area (Å²) in [6.07, 6.45) is -0.939. The predicted molar refractivity (Wildman–Crippen MR) is 65.7 cm³/mol. The highest BCUT2D eigenvalue weighted by Crippen LogP contribution is 2.30. The molecule has 0 amide bonds. The third-order valence-electron chi connectivity index (χ3n) is 1.98. The normalized spacial score (nSPS) is 13.6. The highest BCUT2D eigenvalue weighted by Gasteiger charge is 2.31. The average Bonchev–Trinajstić information content (AvgIpc) is 2.34. The summed E-state index contributed by atoms with van der Waals surface area (Å²) in [5, 5.41) is -0.152. The van der Waals surface area contributed by atoms with Gasteiger partial charge < -0.3 is 0 Å². The lowest BCUT2D eigenvalue weighted by Gasteiger charge is -2.08. The lowest BCUT2D eigenvalue weighted by atomic mass is 10.1. The Kier molecular flexibility index (Phi) is 4.61. The van der Waals surface area contributed by atoms with Crippen LogP contribution in [0.3, 0.4) is 0 Å². The first kappa shape index (κ1) is 14.4. The van der Waals surface area contributed by atoms with Crippen LogP contribution in [-0.2, 0) is 6.18 Å². The van der Waals surface area contributed by atoms with Crippen LogP contribution in [0, 0.1) is 0 Å². The van der Waals surface area contributed by atoms with Gasteiger partial charge in [0.05, 0.1) is 11.3 Å². The van der Waals surface area contributed by atoms with Crippen molar-refractivity contribution in [1.29, 1.82) is 0 Å². The number of nitrogens with zero attached hydrogens (tertiary/aromatic N) is 3. The Morgan fingerprint density at radius 2 is 2.11 bits per heavy atom. The van der Waals surface area contributed by atoms with Gasteiger partial charge in [-0.15, -0.1) is 0 Å². The van der Waals surface area contributed by atoms with Gasteiger partial charge in [-0.1, -0.05) is 6.08 Å². The van der Waals surface area contributed by atoms with E-state index < -0.39 is 11.7 Å². The maximum absolute atomic E-state index is 12.5. The van der Waals surface area contributed by atoms with Crippen molar-refractivity contribution in [3.05, 3.63) is 35.7 Å². The van der Waals surface area contributed by atoms with Gasteiger partial charge in [-0.3, -0.25) is 4.98 Å². The van der Waals surface area contributed by atoms with E-state index in [1.807, 2.05) is 0 Å². The maximum Gasteiger partial charge on any atom is 0.417 e. The summed E-state index contributed by atoms with van der Waals surface area (Å²) in [5.41, 5.74) is -0.405. The van der Waals surface area contributed by atoms with Crippen molar-refractivity contribution < 1.29 is 13.2 Å². The van der Waals surface area contributed by atoms with E-state index in [1.165, 1.54) is 12.3 Å². The first-order valence-corrected chi connectivity index (χ1v) is 5.16. The quantitative estimate of drug-likeness (QED) is 0.460. The maximum atomic E-state index is 12.5. The minimum Gasteiger partial charge on any atom is -0.263 e. The second-order valence-electron chi connectivity index (χ2n) is 3.17. The summed E-state index contributed by atoms with van der Waals surface area (Å²) in [6, 6.07) is 0.944. The minimum atomic E-state index is -4.45. The van der Waals surface area contributed by atoms with E-state index in [2.05, 4.69) is 21.7 Å². The number of aromatic nitrogens is 1. The fourth-order valence-corrected chi connectivity index (χ4v) is 1.26. The summed E-state index contributed by atoms with van der Waals surface area (Å²) >= 11 is 5.56. The fourth-order valence-electron chi connectivity index (χ4n) is 1.17. The van der Waals surface area contributed by atoms with Crippen LogP contribution in [0.5, 0.6) is 0 Å². The number of hydrogen-bond acceptors (Lipinski definition) is 2. The molecule has 0 spiro atoms. The molecule has 0 saturated carbocycles. The Labute approximate surface area is 107 Å². The molecular formula is C11H9ClF3N3. The molecule has 1 rings (SSSR count). The molecule has 0 atom stereocenters. The zero-order chi connectivity index (χ0) is 13.8. The van der Waals surface area contributed by atoms with Gasteiger partial charge in [0.15, 0.2) is 0 Å². The Morgan fingerprint density at radius 1 is 1.44 bits per heavy atom. The van der Waals surface area contributed by atoms with Crippen LogP contribution in [0.1, 0.15) is 18.1 Å². The number of pyridine rings is 1. The molecule has 1 aromatic heterocycles. The van der Waals surface area contributed by atoms with Gasteiger partial charge in [-0.05, 0) is 31.3 Å². The van der Waals surface area contributed by atoms with Gasteiger partial charge in [-0.25, -0.2) is 9.98 Å². The molecule has 18 heavy (non-hydrogen) atoms. The number of amidine groups is 1. The fraction of sp³-hybridized carbons (Fsp3) is 0.182. The molecule has 0 aliphatic heterocycles. The van der Waals surface area contributed by atoms with Gasteiger partial charge in [0.25, 0.3) is 0 Å². The smallest absolute Gasteiger partial charge is 0.263 e. The molecule has 1 heterocycles. The molecule has 0 aliphatic carbocycles. The van der Waals surface area contributed by atoms with Crippen molar-refractivity contribution >= 4 is 29.3 Å². The van der Waals surface area contributed by atoms with E-state index >= 15 is 0 Å². The lowest BCUT2D eigenvalue weighted by molar-refractivity contribution is -0.137. The van der Waals surface area contributed by atoms with Gasteiger partial charge in [0, 0.05) is 18.0 Å². The first-order chi connectivity index (χ1) is 8.38. The summed E-state index contributed by atoms with van der Waals surface area (Å²) in [7, 11) is 0. The zero-order valence-electron chi connectivity index (χ0n) is 9.37. The van der Waals surface area contributed by atoms with Crippen LogP contribution < -0.4 is 0 Å². The number of rotatable bonds is 2. The lowest BCUT2D eigenvalue weighted by Crippen LogP contribution is -2.06. The molecule has 0 aromatic carbocycles. The molecule has 96 valence electrons. The highest BCUT2D eigenvalue weighted by atomic mass is 35.5. The number of alkyl halides is 3. The average molecular weight is 276 g/mol. The van der Waals surface area contributed by atoms with Crippen LogP contribution in [-0.4, -0.2) is 17.0 Å². The van der Waals surface area contributed by atoms with E-state index in [9.17, 15) is 13.2 Å². The summed E-state index contributed by atoms with van der Waals surface area (Å²) in [6.45, 7) is 4.78. The third kappa shape index (κ3) is 3.66. The van der Waals surface area contributed by atoms with Crippen LogP contribution in [0.4, 0.5) is 13.2 Å². The molecule has 0 radical (unpaired) electrons. The van der Waals surface area contributed by atoms with Gasteiger partial charge in [-0.2, -0.15) is 13.2 Å². The molecule has 0 N–H and O–H groups in total. The summed E-state index contributed by atoms with van der Waals surface area (Å²) < 4.78 is 37.5. The molecule has 0 unspecified atom stereocenters. The van der Waals surface area contributed by atoms with E-state index in [0.717, 1.165) is 12.3 Å². The summed E-state index contributed by atoms with van der Waals surface area (Å²) in [5.74, 6) is 0. The van der Waals surface area contributed by atoms with Crippen molar-refractivity contribution in [2.75, 3.05) is 0 Å². The SMILES string of the molecule is C=NC(Cl)=N/C(=C\C)c1cncc(C(F)(F)F)c1. The van der Waals surface area contributed by atoms with Crippen LogP contribution in [0.2, 0.25) is 0 Å². The number of aliphatic imine (C=N–C) groups is 2. The first-order valence-electron chi connectivity index (χ1n) is 4.78. The van der Waals surface area contributed by atoms with E-state index in [1.54, 1.807) is 6.92 Å². The number of halogens is 4. The Balaban J connectivity index is 3.21. The molecule has 0 fully saturated rings.